The van der Waals surface area contributed by atoms with Gasteiger partial charge in [-0.25, -0.2) is 0 Å². The molecule has 0 bridgehead atoms. The third-order valence-corrected chi connectivity index (χ3v) is 4.76. The van der Waals surface area contributed by atoms with Gasteiger partial charge in [-0.05, 0) is 29.8 Å². The summed E-state index contributed by atoms with van der Waals surface area (Å²) in [5.41, 5.74) is 5.18. The maximum atomic E-state index is 3.83. The molecule has 0 amide bonds. The van der Waals surface area contributed by atoms with Crippen molar-refractivity contribution >= 4 is 11.8 Å². The molecule has 24 heavy (non-hydrogen) atoms. The number of aromatic nitrogens is 1. The minimum absolute atomic E-state index is 0.0173. The van der Waals surface area contributed by atoms with Crippen LogP contribution in [0.5, 0.6) is 0 Å². The first kappa shape index (κ1) is 16.3. The number of allylic oxidation sites excluding steroid dienone is 4. The molecule has 0 saturated carbocycles. The van der Waals surface area contributed by atoms with E-state index in [0.717, 1.165) is 6.54 Å². The van der Waals surface area contributed by atoms with Crippen LogP contribution in [0.15, 0.2) is 79.2 Å². The molecule has 0 spiro atoms. The maximum absolute atomic E-state index is 3.83. The van der Waals surface area contributed by atoms with E-state index in [0.29, 0.717) is 0 Å². The molecule has 1 aromatic heterocycles. The van der Waals surface area contributed by atoms with Gasteiger partial charge in [-0.15, -0.1) is 0 Å². The predicted octanol–water partition coefficient (Wildman–Crippen LogP) is 4.48. The smallest absolute Gasteiger partial charge is 0.205 e. The second-order valence-corrected chi connectivity index (χ2v) is 6.68. The fraction of sp³-hybridized carbons (Fsp3) is 0.227. The van der Waals surface area contributed by atoms with Gasteiger partial charge in [0.15, 0.2) is 12.7 Å². The molecule has 1 aliphatic heterocycles. The molecular formula is C22H25N2+. The molecule has 0 aliphatic carbocycles. The van der Waals surface area contributed by atoms with Gasteiger partial charge in [0, 0.05) is 42.1 Å². The van der Waals surface area contributed by atoms with Gasteiger partial charge in [0.25, 0.3) is 0 Å². The lowest BCUT2D eigenvalue weighted by Crippen LogP contribution is -2.35. The van der Waals surface area contributed by atoms with Crippen molar-refractivity contribution in [3.05, 3.63) is 90.4 Å². The Morgan fingerprint density at radius 3 is 2.62 bits per heavy atom. The topological polar surface area (TPSA) is 7.12 Å². The minimum atomic E-state index is 0.0173. The molecular weight excluding hydrogens is 292 g/mol. The molecule has 0 fully saturated rings. The summed E-state index contributed by atoms with van der Waals surface area (Å²) in [6.45, 7) is 9.22. The van der Waals surface area contributed by atoms with Crippen LogP contribution in [-0.2, 0) is 12.0 Å². The molecule has 2 nitrogen and oxygen atoms in total. The number of rotatable bonds is 4. The summed E-state index contributed by atoms with van der Waals surface area (Å²) in [7, 11) is 2.15. The summed E-state index contributed by atoms with van der Waals surface area (Å²) >= 11 is 0. The minimum Gasteiger partial charge on any atom is -0.347 e. The number of fused-ring (bicyclic) bond motifs is 1. The zero-order valence-electron chi connectivity index (χ0n) is 14.7. The summed E-state index contributed by atoms with van der Waals surface area (Å²) in [5, 5.41) is 0. The first-order chi connectivity index (χ1) is 11.6. The number of benzene rings is 1. The average Bonchev–Trinajstić information content (AvgIpc) is 2.78. The second kappa shape index (κ2) is 6.48. The molecule has 0 N–H and O–H groups in total. The van der Waals surface area contributed by atoms with Crippen LogP contribution in [0.2, 0.25) is 0 Å². The zero-order chi connectivity index (χ0) is 17.2. The second-order valence-electron chi connectivity index (χ2n) is 6.68. The van der Waals surface area contributed by atoms with Crippen molar-refractivity contribution in [1.29, 1.82) is 0 Å². The van der Waals surface area contributed by atoms with Crippen LogP contribution in [0.1, 0.15) is 25.1 Å². The quantitative estimate of drug-likeness (QED) is 0.595. The van der Waals surface area contributed by atoms with Gasteiger partial charge in [0.1, 0.15) is 0 Å². The SMILES string of the molecule is C=CC[n+]1ccccc1/C=C/C=C1\N(C)c2ccccc2C1(C)C. The van der Waals surface area contributed by atoms with Gasteiger partial charge in [-0.2, -0.15) is 4.57 Å². The van der Waals surface area contributed by atoms with Gasteiger partial charge in [0.05, 0.1) is 0 Å². The molecule has 3 rings (SSSR count). The van der Waals surface area contributed by atoms with Crippen LogP contribution >= 0.6 is 0 Å². The lowest BCUT2D eigenvalue weighted by molar-refractivity contribution is -0.688. The molecule has 0 unspecified atom stereocenters. The van der Waals surface area contributed by atoms with Crippen LogP contribution in [-0.4, -0.2) is 7.05 Å². The van der Waals surface area contributed by atoms with Crippen molar-refractivity contribution in [2.45, 2.75) is 25.8 Å². The van der Waals surface area contributed by atoms with Gasteiger partial charge in [-0.3, -0.25) is 0 Å². The number of pyridine rings is 1. The Morgan fingerprint density at radius 1 is 1.12 bits per heavy atom. The van der Waals surface area contributed by atoms with Crippen LogP contribution < -0.4 is 9.47 Å². The zero-order valence-corrected chi connectivity index (χ0v) is 14.7. The highest BCUT2D eigenvalue weighted by molar-refractivity contribution is 5.70. The number of para-hydroxylation sites is 1. The Kier molecular flexibility index (Phi) is 4.39. The van der Waals surface area contributed by atoms with Gasteiger partial charge < -0.3 is 4.90 Å². The first-order valence-corrected chi connectivity index (χ1v) is 8.37. The Bertz CT molecular complexity index is 812. The van der Waals surface area contributed by atoms with Crippen molar-refractivity contribution in [1.82, 2.24) is 0 Å². The van der Waals surface area contributed by atoms with Crippen molar-refractivity contribution in [2.75, 3.05) is 11.9 Å². The Balaban J connectivity index is 1.92. The van der Waals surface area contributed by atoms with Crippen molar-refractivity contribution in [3.63, 3.8) is 0 Å². The molecule has 0 saturated heterocycles. The Morgan fingerprint density at radius 2 is 1.88 bits per heavy atom. The monoisotopic (exact) mass is 317 g/mol. The van der Waals surface area contributed by atoms with E-state index in [1.54, 1.807) is 0 Å². The number of anilines is 1. The van der Waals surface area contributed by atoms with Gasteiger partial charge in [0.2, 0.25) is 5.69 Å². The summed E-state index contributed by atoms with van der Waals surface area (Å²) in [4.78, 5) is 2.29. The number of nitrogens with zero attached hydrogens (tertiary/aromatic N) is 2. The van der Waals surface area contributed by atoms with Crippen LogP contribution in [0, 0.1) is 0 Å². The highest BCUT2D eigenvalue weighted by Crippen LogP contribution is 2.46. The summed E-state index contributed by atoms with van der Waals surface area (Å²) in [6, 6.07) is 14.9. The summed E-state index contributed by atoms with van der Waals surface area (Å²) in [5.74, 6) is 0. The standard InChI is InChI=1S/C22H25N2/c1-5-16-24-17-9-8-11-18(24)12-10-15-21-22(2,3)19-13-6-7-14-20(19)23(21)4/h5-15,17H,1,16H2,2-4H3/q+1. The highest BCUT2D eigenvalue weighted by atomic mass is 15.2. The van der Waals surface area contributed by atoms with Crippen LogP contribution in [0.4, 0.5) is 5.69 Å². The largest absolute Gasteiger partial charge is 0.347 e. The Labute approximate surface area is 145 Å². The molecule has 2 heteroatoms. The van der Waals surface area contributed by atoms with Crippen molar-refractivity contribution in [3.8, 4) is 0 Å². The molecule has 1 aromatic carbocycles. The summed E-state index contributed by atoms with van der Waals surface area (Å²) in [6.07, 6.45) is 10.5. The normalized spacial score (nSPS) is 17.5. The summed E-state index contributed by atoms with van der Waals surface area (Å²) < 4.78 is 2.18. The molecule has 1 aliphatic rings. The average molecular weight is 317 g/mol. The fourth-order valence-corrected chi connectivity index (χ4v) is 3.49. The molecule has 2 aromatic rings. The molecule has 2 heterocycles. The van der Waals surface area contributed by atoms with Gasteiger partial charge in [-0.1, -0.05) is 44.7 Å². The third-order valence-electron chi connectivity index (χ3n) is 4.76. The highest BCUT2D eigenvalue weighted by Gasteiger charge is 2.37. The van der Waals surface area contributed by atoms with E-state index >= 15 is 0 Å². The van der Waals surface area contributed by atoms with E-state index in [2.05, 4.69) is 97.8 Å². The lowest BCUT2D eigenvalue weighted by Gasteiger charge is -2.23. The number of hydrogen-bond donors (Lipinski definition) is 0. The molecule has 0 atom stereocenters. The lowest BCUT2D eigenvalue weighted by atomic mass is 9.84. The first-order valence-electron chi connectivity index (χ1n) is 8.37. The van der Waals surface area contributed by atoms with Gasteiger partial charge >= 0.3 is 0 Å². The Hall–Kier alpha value is -2.61. The third kappa shape index (κ3) is 2.80. The van der Waals surface area contributed by atoms with E-state index in [1.165, 1.54) is 22.6 Å². The van der Waals surface area contributed by atoms with E-state index in [-0.39, 0.29) is 5.41 Å². The molecule has 122 valence electrons. The van der Waals surface area contributed by atoms with E-state index in [9.17, 15) is 0 Å². The van der Waals surface area contributed by atoms with Crippen LogP contribution in [0.3, 0.4) is 0 Å². The van der Waals surface area contributed by atoms with Crippen LogP contribution in [0.25, 0.3) is 6.08 Å². The number of likely N-dealkylation sites (N-methyl/N-ethyl adjacent to an activating group) is 1. The van der Waals surface area contributed by atoms with Crippen molar-refractivity contribution < 1.29 is 4.57 Å². The molecule has 0 radical (unpaired) electrons. The van der Waals surface area contributed by atoms with E-state index in [4.69, 9.17) is 0 Å². The van der Waals surface area contributed by atoms with E-state index in [1.807, 2.05) is 12.1 Å². The van der Waals surface area contributed by atoms with E-state index < -0.39 is 0 Å². The number of hydrogen-bond acceptors (Lipinski definition) is 1. The maximum Gasteiger partial charge on any atom is 0.205 e. The van der Waals surface area contributed by atoms with Crippen molar-refractivity contribution in [2.24, 2.45) is 0 Å². The predicted molar refractivity (Wildman–Crippen MR) is 102 cm³/mol. The fourth-order valence-electron chi connectivity index (χ4n) is 3.49.